The number of nitrogens with zero attached hydrogens (tertiary/aromatic N) is 4. The normalized spacial score (nSPS) is 11.1. The fourth-order valence-corrected chi connectivity index (χ4v) is 3.25. The third kappa shape index (κ3) is 2.99. The number of hydrogen-bond donors (Lipinski definition) is 0. The van der Waals surface area contributed by atoms with Crippen molar-refractivity contribution in [2.45, 2.75) is 20.5 Å². The Morgan fingerprint density at radius 1 is 0.963 bits per heavy atom. The standard InChI is InChI=1S/C21H20N4O2/c1-14-7-6-10-19(25-21(26)24(3)22-23-25)18(14)13-27-20-12-11-16-8-4-5-9-17(16)15(20)2/h4-12H,13H2,1-3H3. The number of rotatable bonds is 4. The molecule has 0 unspecified atom stereocenters. The van der Waals surface area contributed by atoms with Crippen molar-refractivity contribution < 1.29 is 4.74 Å². The van der Waals surface area contributed by atoms with Crippen LogP contribution in [-0.4, -0.2) is 19.8 Å². The summed E-state index contributed by atoms with van der Waals surface area (Å²) < 4.78 is 8.66. The molecule has 0 amide bonds. The highest BCUT2D eigenvalue weighted by molar-refractivity contribution is 5.87. The average molecular weight is 360 g/mol. The van der Waals surface area contributed by atoms with Gasteiger partial charge >= 0.3 is 5.69 Å². The highest BCUT2D eigenvalue weighted by Gasteiger charge is 2.14. The van der Waals surface area contributed by atoms with Crippen LogP contribution in [0.2, 0.25) is 0 Å². The summed E-state index contributed by atoms with van der Waals surface area (Å²) in [6.45, 7) is 4.39. The van der Waals surface area contributed by atoms with Crippen LogP contribution in [-0.2, 0) is 13.7 Å². The van der Waals surface area contributed by atoms with E-state index in [-0.39, 0.29) is 5.69 Å². The number of aryl methyl sites for hydroxylation is 3. The van der Waals surface area contributed by atoms with E-state index < -0.39 is 0 Å². The van der Waals surface area contributed by atoms with Crippen LogP contribution >= 0.6 is 0 Å². The molecule has 6 heteroatoms. The molecule has 0 radical (unpaired) electrons. The second-order valence-corrected chi connectivity index (χ2v) is 6.57. The fraction of sp³-hybridized carbons (Fsp3) is 0.190. The summed E-state index contributed by atoms with van der Waals surface area (Å²) in [5, 5.41) is 10.1. The van der Waals surface area contributed by atoms with Crippen molar-refractivity contribution in [3.05, 3.63) is 81.8 Å². The van der Waals surface area contributed by atoms with E-state index in [0.29, 0.717) is 12.3 Å². The molecule has 0 bridgehead atoms. The van der Waals surface area contributed by atoms with Crippen LogP contribution in [0, 0.1) is 13.8 Å². The minimum atomic E-state index is -0.288. The number of aromatic nitrogens is 4. The van der Waals surface area contributed by atoms with Crippen molar-refractivity contribution in [1.82, 2.24) is 19.8 Å². The van der Waals surface area contributed by atoms with Gasteiger partial charge in [0.1, 0.15) is 12.4 Å². The second kappa shape index (κ2) is 6.72. The molecule has 1 heterocycles. The molecule has 27 heavy (non-hydrogen) atoms. The van der Waals surface area contributed by atoms with E-state index in [2.05, 4.69) is 35.5 Å². The Balaban J connectivity index is 1.71. The van der Waals surface area contributed by atoms with Gasteiger partial charge in [-0.25, -0.2) is 4.79 Å². The van der Waals surface area contributed by atoms with Crippen LogP contribution in [0.15, 0.2) is 59.4 Å². The zero-order valence-corrected chi connectivity index (χ0v) is 15.5. The van der Waals surface area contributed by atoms with E-state index in [0.717, 1.165) is 22.4 Å². The van der Waals surface area contributed by atoms with Gasteiger partial charge in [-0.3, -0.25) is 0 Å². The molecule has 0 saturated carbocycles. The van der Waals surface area contributed by atoms with Gasteiger partial charge in [-0.15, -0.1) is 0 Å². The Labute approximate surface area is 156 Å². The minimum Gasteiger partial charge on any atom is -0.489 e. The third-order valence-electron chi connectivity index (χ3n) is 4.86. The summed E-state index contributed by atoms with van der Waals surface area (Å²) in [6.07, 6.45) is 0. The first kappa shape index (κ1) is 17.0. The first-order chi connectivity index (χ1) is 13.1. The van der Waals surface area contributed by atoms with Crippen LogP contribution < -0.4 is 10.4 Å². The van der Waals surface area contributed by atoms with Gasteiger partial charge in [0.15, 0.2) is 0 Å². The monoisotopic (exact) mass is 360 g/mol. The summed E-state index contributed by atoms with van der Waals surface area (Å²) in [5.74, 6) is 0.828. The minimum absolute atomic E-state index is 0.288. The predicted octanol–water partition coefficient (Wildman–Crippen LogP) is 3.32. The van der Waals surface area contributed by atoms with Gasteiger partial charge in [0, 0.05) is 12.6 Å². The molecular weight excluding hydrogens is 340 g/mol. The molecule has 0 fully saturated rings. The molecule has 0 aliphatic heterocycles. The lowest BCUT2D eigenvalue weighted by Crippen LogP contribution is -2.23. The SMILES string of the molecule is Cc1cccc(-n2nnn(C)c2=O)c1COc1ccc2ccccc2c1C. The number of tetrazole rings is 1. The molecule has 0 spiro atoms. The molecule has 0 aliphatic rings. The molecule has 3 aromatic carbocycles. The molecule has 0 aliphatic carbocycles. The Morgan fingerprint density at radius 2 is 1.78 bits per heavy atom. The lowest BCUT2D eigenvalue weighted by Gasteiger charge is -2.15. The zero-order chi connectivity index (χ0) is 19.0. The Bertz CT molecular complexity index is 1190. The average Bonchev–Trinajstić information content (AvgIpc) is 3.01. The second-order valence-electron chi connectivity index (χ2n) is 6.57. The molecular formula is C21H20N4O2. The largest absolute Gasteiger partial charge is 0.489 e. The molecule has 4 rings (SSSR count). The quantitative estimate of drug-likeness (QED) is 0.560. The maximum Gasteiger partial charge on any atom is 0.368 e. The number of ether oxygens (including phenoxy) is 1. The van der Waals surface area contributed by atoms with Gasteiger partial charge in [-0.05, 0) is 58.3 Å². The maximum atomic E-state index is 12.3. The smallest absolute Gasteiger partial charge is 0.368 e. The molecule has 0 saturated heterocycles. The van der Waals surface area contributed by atoms with E-state index in [1.807, 2.05) is 43.3 Å². The van der Waals surface area contributed by atoms with Crippen molar-refractivity contribution in [3.8, 4) is 11.4 Å². The number of hydrogen-bond acceptors (Lipinski definition) is 4. The van der Waals surface area contributed by atoms with E-state index in [1.54, 1.807) is 7.05 Å². The maximum absolute atomic E-state index is 12.3. The molecule has 0 atom stereocenters. The Morgan fingerprint density at radius 3 is 2.56 bits per heavy atom. The summed E-state index contributed by atoms with van der Waals surface area (Å²) >= 11 is 0. The van der Waals surface area contributed by atoms with Crippen molar-refractivity contribution in [1.29, 1.82) is 0 Å². The lowest BCUT2D eigenvalue weighted by molar-refractivity contribution is 0.303. The van der Waals surface area contributed by atoms with Crippen LogP contribution in [0.5, 0.6) is 5.75 Å². The molecule has 136 valence electrons. The number of fused-ring (bicyclic) bond motifs is 1. The molecule has 0 N–H and O–H groups in total. The van der Waals surface area contributed by atoms with Gasteiger partial charge < -0.3 is 4.74 Å². The summed E-state index contributed by atoms with van der Waals surface area (Å²) in [4.78, 5) is 12.3. The van der Waals surface area contributed by atoms with E-state index in [9.17, 15) is 4.79 Å². The lowest BCUT2D eigenvalue weighted by atomic mass is 10.0. The highest BCUT2D eigenvalue weighted by Crippen LogP contribution is 2.28. The van der Waals surface area contributed by atoms with Crippen molar-refractivity contribution in [2.75, 3.05) is 0 Å². The Kier molecular flexibility index (Phi) is 4.24. The third-order valence-corrected chi connectivity index (χ3v) is 4.86. The van der Waals surface area contributed by atoms with Crippen LogP contribution in [0.3, 0.4) is 0 Å². The van der Waals surface area contributed by atoms with Gasteiger partial charge in [-0.2, -0.15) is 9.36 Å². The summed E-state index contributed by atoms with van der Waals surface area (Å²) in [6, 6.07) is 18.0. The fourth-order valence-electron chi connectivity index (χ4n) is 3.25. The topological polar surface area (TPSA) is 61.9 Å². The van der Waals surface area contributed by atoms with Crippen LogP contribution in [0.4, 0.5) is 0 Å². The van der Waals surface area contributed by atoms with Gasteiger partial charge in [0.25, 0.3) is 0 Å². The predicted molar refractivity (Wildman–Crippen MR) is 104 cm³/mol. The highest BCUT2D eigenvalue weighted by atomic mass is 16.5. The van der Waals surface area contributed by atoms with Gasteiger partial charge in [0.2, 0.25) is 0 Å². The van der Waals surface area contributed by atoms with E-state index >= 15 is 0 Å². The summed E-state index contributed by atoms with van der Waals surface area (Å²) in [7, 11) is 1.58. The van der Waals surface area contributed by atoms with E-state index in [1.165, 1.54) is 20.1 Å². The first-order valence-electron chi connectivity index (χ1n) is 8.75. The van der Waals surface area contributed by atoms with Crippen molar-refractivity contribution >= 4 is 10.8 Å². The van der Waals surface area contributed by atoms with Crippen LogP contribution in [0.25, 0.3) is 16.5 Å². The number of benzene rings is 3. The molecule has 6 nitrogen and oxygen atoms in total. The molecule has 1 aromatic heterocycles. The van der Waals surface area contributed by atoms with E-state index in [4.69, 9.17) is 4.74 Å². The van der Waals surface area contributed by atoms with Crippen molar-refractivity contribution in [3.63, 3.8) is 0 Å². The van der Waals surface area contributed by atoms with Crippen molar-refractivity contribution in [2.24, 2.45) is 7.05 Å². The zero-order valence-electron chi connectivity index (χ0n) is 15.5. The first-order valence-corrected chi connectivity index (χ1v) is 8.75. The van der Waals surface area contributed by atoms with Gasteiger partial charge in [0.05, 0.1) is 5.69 Å². The molecule has 4 aromatic rings. The Hall–Kier alpha value is -3.41. The van der Waals surface area contributed by atoms with Gasteiger partial charge in [-0.1, -0.05) is 42.5 Å². The van der Waals surface area contributed by atoms with Crippen LogP contribution in [0.1, 0.15) is 16.7 Å². The summed E-state index contributed by atoms with van der Waals surface area (Å²) in [5.41, 5.74) is 3.44.